The summed E-state index contributed by atoms with van der Waals surface area (Å²) in [6, 6.07) is 0. The molecule has 0 saturated heterocycles. The number of hydrogen-bond donors (Lipinski definition) is 1. The summed E-state index contributed by atoms with van der Waals surface area (Å²) < 4.78 is 10.0. The monoisotopic (exact) mass is 271 g/mol. The molecule has 0 aromatic rings. The van der Waals surface area contributed by atoms with Gasteiger partial charge in [-0.2, -0.15) is 0 Å². The maximum atomic E-state index is 12.0. The van der Waals surface area contributed by atoms with E-state index in [0.29, 0.717) is 32.6 Å². The molecule has 0 spiro atoms. The molecule has 0 unspecified atom stereocenters. The summed E-state index contributed by atoms with van der Waals surface area (Å²) in [5.41, 5.74) is -0.523. The van der Waals surface area contributed by atoms with E-state index in [1.807, 2.05) is 6.92 Å². The van der Waals surface area contributed by atoms with Crippen LogP contribution in [0.5, 0.6) is 0 Å². The molecule has 0 heterocycles. The first-order valence-electron chi connectivity index (χ1n) is 7.22. The number of esters is 2. The highest BCUT2D eigenvalue weighted by molar-refractivity contribution is 5.81. The molecule has 1 aliphatic carbocycles. The molecule has 0 aromatic carbocycles. The molecule has 0 aromatic heterocycles. The zero-order valence-electron chi connectivity index (χ0n) is 12.0. The molecule has 5 nitrogen and oxygen atoms in total. The Balaban J connectivity index is 2.34. The van der Waals surface area contributed by atoms with E-state index in [1.165, 1.54) is 0 Å². The van der Waals surface area contributed by atoms with E-state index in [1.54, 1.807) is 6.92 Å². The van der Waals surface area contributed by atoms with Gasteiger partial charge in [-0.05, 0) is 39.7 Å². The fourth-order valence-electron chi connectivity index (χ4n) is 2.49. The molecular formula is C14H25NO4. The van der Waals surface area contributed by atoms with Crippen LogP contribution in [-0.2, 0) is 19.1 Å². The van der Waals surface area contributed by atoms with Gasteiger partial charge in [0, 0.05) is 6.42 Å². The standard InChI is InChI=1S/C14H25NO4/c1-3-18-12(16)8-7-11-15-14(9-5-6-10-14)13(17)19-4-2/h15H,3-11H2,1-2H3. The molecule has 1 fully saturated rings. The first-order valence-corrected chi connectivity index (χ1v) is 7.22. The lowest BCUT2D eigenvalue weighted by atomic mass is 9.97. The predicted molar refractivity (Wildman–Crippen MR) is 71.7 cm³/mol. The molecular weight excluding hydrogens is 246 g/mol. The summed E-state index contributed by atoms with van der Waals surface area (Å²) in [7, 11) is 0. The fraction of sp³-hybridized carbons (Fsp3) is 0.857. The van der Waals surface area contributed by atoms with Crippen molar-refractivity contribution in [2.75, 3.05) is 19.8 Å². The molecule has 19 heavy (non-hydrogen) atoms. The topological polar surface area (TPSA) is 64.6 Å². The molecule has 0 atom stereocenters. The van der Waals surface area contributed by atoms with Crippen molar-refractivity contribution in [3.05, 3.63) is 0 Å². The van der Waals surface area contributed by atoms with Gasteiger partial charge in [-0.15, -0.1) is 0 Å². The highest BCUT2D eigenvalue weighted by Gasteiger charge is 2.41. The van der Waals surface area contributed by atoms with Crippen molar-refractivity contribution in [1.29, 1.82) is 0 Å². The molecule has 0 aliphatic heterocycles. The Morgan fingerprint density at radius 1 is 1.11 bits per heavy atom. The average Bonchev–Trinajstić information content (AvgIpc) is 2.85. The number of carbonyl (C=O) groups is 2. The Morgan fingerprint density at radius 3 is 2.32 bits per heavy atom. The van der Waals surface area contributed by atoms with Crippen molar-refractivity contribution in [3.63, 3.8) is 0 Å². The Bertz CT molecular complexity index is 298. The van der Waals surface area contributed by atoms with Gasteiger partial charge >= 0.3 is 11.9 Å². The van der Waals surface area contributed by atoms with Crippen LogP contribution in [0.2, 0.25) is 0 Å². The van der Waals surface area contributed by atoms with Gasteiger partial charge in [0.2, 0.25) is 0 Å². The lowest BCUT2D eigenvalue weighted by molar-refractivity contribution is -0.151. The third-order valence-electron chi connectivity index (χ3n) is 3.45. The second-order valence-corrected chi connectivity index (χ2v) is 4.85. The molecule has 0 amide bonds. The number of ether oxygens (including phenoxy) is 2. The van der Waals surface area contributed by atoms with E-state index in [-0.39, 0.29) is 11.9 Å². The minimum Gasteiger partial charge on any atom is -0.466 e. The minimum absolute atomic E-state index is 0.149. The van der Waals surface area contributed by atoms with Gasteiger partial charge in [-0.3, -0.25) is 9.59 Å². The molecule has 0 radical (unpaired) electrons. The van der Waals surface area contributed by atoms with E-state index < -0.39 is 5.54 Å². The summed E-state index contributed by atoms with van der Waals surface area (Å²) in [5, 5.41) is 3.29. The molecule has 110 valence electrons. The summed E-state index contributed by atoms with van der Waals surface area (Å²) in [5.74, 6) is -0.329. The van der Waals surface area contributed by atoms with Gasteiger partial charge in [0.15, 0.2) is 0 Å². The van der Waals surface area contributed by atoms with Crippen LogP contribution >= 0.6 is 0 Å². The van der Waals surface area contributed by atoms with E-state index in [9.17, 15) is 9.59 Å². The SMILES string of the molecule is CCOC(=O)CCCNC1(C(=O)OCC)CCCC1. The van der Waals surface area contributed by atoms with Gasteiger partial charge in [0.25, 0.3) is 0 Å². The lowest BCUT2D eigenvalue weighted by Crippen LogP contribution is -2.51. The molecule has 1 saturated carbocycles. The van der Waals surface area contributed by atoms with Crippen LogP contribution in [0.4, 0.5) is 0 Å². The van der Waals surface area contributed by atoms with Crippen molar-refractivity contribution < 1.29 is 19.1 Å². The second-order valence-electron chi connectivity index (χ2n) is 4.85. The van der Waals surface area contributed by atoms with Crippen molar-refractivity contribution in [2.24, 2.45) is 0 Å². The van der Waals surface area contributed by atoms with Gasteiger partial charge in [0.1, 0.15) is 5.54 Å². The summed E-state index contributed by atoms with van der Waals surface area (Å²) in [4.78, 5) is 23.2. The van der Waals surface area contributed by atoms with Crippen LogP contribution in [0, 0.1) is 0 Å². The highest BCUT2D eigenvalue weighted by Crippen LogP contribution is 2.30. The van der Waals surface area contributed by atoms with Crippen molar-refractivity contribution in [2.45, 2.75) is 57.9 Å². The summed E-state index contributed by atoms with van der Waals surface area (Å²) in [6.07, 6.45) is 4.81. The van der Waals surface area contributed by atoms with E-state index in [2.05, 4.69) is 5.32 Å². The molecule has 1 aliphatic rings. The molecule has 5 heteroatoms. The number of hydrogen-bond acceptors (Lipinski definition) is 5. The van der Waals surface area contributed by atoms with Crippen LogP contribution in [0.25, 0.3) is 0 Å². The van der Waals surface area contributed by atoms with Crippen LogP contribution in [0.1, 0.15) is 52.4 Å². The quantitative estimate of drug-likeness (QED) is 0.538. The van der Waals surface area contributed by atoms with E-state index >= 15 is 0 Å². The normalized spacial score (nSPS) is 17.2. The highest BCUT2D eigenvalue weighted by atomic mass is 16.5. The Hall–Kier alpha value is -1.10. The minimum atomic E-state index is -0.523. The third-order valence-corrected chi connectivity index (χ3v) is 3.45. The average molecular weight is 271 g/mol. The first kappa shape index (κ1) is 16.0. The summed E-state index contributed by atoms with van der Waals surface area (Å²) in [6.45, 7) is 5.08. The lowest BCUT2D eigenvalue weighted by Gasteiger charge is -2.27. The van der Waals surface area contributed by atoms with Crippen LogP contribution < -0.4 is 5.32 Å². The largest absolute Gasteiger partial charge is 0.466 e. The van der Waals surface area contributed by atoms with Crippen LogP contribution in [-0.4, -0.2) is 37.2 Å². The zero-order valence-corrected chi connectivity index (χ0v) is 12.0. The van der Waals surface area contributed by atoms with Crippen molar-refractivity contribution in [1.82, 2.24) is 5.32 Å². The number of carbonyl (C=O) groups excluding carboxylic acids is 2. The van der Waals surface area contributed by atoms with Gasteiger partial charge in [0.05, 0.1) is 13.2 Å². The Labute approximate surface area is 115 Å². The van der Waals surface area contributed by atoms with Crippen molar-refractivity contribution >= 4 is 11.9 Å². The van der Waals surface area contributed by atoms with Crippen LogP contribution in [0.3, 0.4) is 0 Å². The second kappa shape index (κ2) is 8.15. The predicted octanol–water partition coefficient (Wildman–Crippen LogP) is 1.80. The van der Waals surface area contributed by atoms with Crippen LogP contribution in [0.15, 0.2) is 0 Å². The fourth-order valence-corrected chi connectivity index (χ4v) is 2.49. The zero-order chi connectivity index (χ0) is 14.1. The van der Waals surface area contributed by atoms with Gasteiger partial charge < -0.3 is 14.8 Å². The molecule has 0 bridgehead atoms. The number of rotatable bonds is 8. The van der Waals surface area contributed by atoms with Gasteiger partial charge in [-0.25, -0.2) is 0 Å². The smallest absolute Gasteiger partial charge is 0.326 e. The maximum absolute atomic E-state index is 12.0. The Kier molecular flexibility index (Phi) is 6.84. The van der Waals surface area contributed by atoms with Gasteiger partial charge in [-0.1, -0.05) is 12.8 Å². The van der Waals surface area contributed by atoms with E-state index in [4.69, 9.17) is 9.47 Å². The maximum Gasteiger partial charge on any atom is 0.326 e. The first-order chi connectivity index (χ1) is 9.14. The molecule has 1 N–H and O–H groups in total. The third kappa shape index (κ3) is 4.82. The van der Waals surface area contributed by atoms with E-state index in [0.717, 1.165) is 25.7 Å². The molecule has 1 rings (SSSR count). The summed E-state index contributed by atoms with van der Waals surface area (Å²) >= 11 is 0. The van der Waals surface area contributed by atoms with Crippen molar-refractivity contribution in [3.8, 4) is 0 Å². The number of nitrogens with one attached hydrogen (secondary N) is 1. The Morgan fingerprint density at radius 2 is 1.74 bits per heavy atom.